The fourth-order valence-electron chi connectivity index (χ4n) is 1.00. The summed E-state index contributed by atoms with van der Waals surface area (Å²) in [7, 11) is 0. The predicted octanol–water partition coefficient (Wildman–Crippen LogP) is 1.67. The van der Waals surface area contributed by atoms with Gasteiger partial charge in [0.15, 0.2) is 5.16 Å². The van der Waals surface area contributed by atoms with Crippen LogP contribution in [0, 0.1) is 6.92 Å². The van der Waals surface area contributed by atoms with E-state index in [0.29, 0.717) is 10.2 Å². The minimum absolute atomic E-state index is 0.173. The van der Waals surface area contributed by atoms with Crippen molar-refractivity contribution >= 4 is 23.4 Å². The van der Waals surface area contributed by atoms with Crippen molar-refractivity contribution in [3.63, 3.8) is 0 Å². The molecular weight excluding hydrogens is 248 g/mol. The summed E-state index contributed by atoms with van der Waals surface area (Å²) in [6.45, 7) is 1.86. The molecule has 0 atom stereocenters. The van der Waals surface area contributed by atoms with E-state index >= 15 is 0 Å². The van der Waals surface area contributed by atoms with Crippen LogP contribution in [0.4, 0.5) is 0 Å². The van der Waals surface area contributed by atoms with Gasteiger partial charge in [-0.2, -0.15) is 0 Å². The lowest BCUT2D eigenvalue weighted by molar-refractivity contribution is 0.924. The highest BCUT2D eigenvalue weighted by atomic mass is 35.5. The van der Waals surface area contributed by atoms with Crippen LogP contribution in [-0.2, 0) is 0 Å². The van der Waals surface area contributed by atoms with Gasteiger partial charge < -0.3 is 4.98 Å². The lowest BCUT2D eigenvalue weighted by Crippen LogP contribution is -2.05. The van der Waals surface area contributed by atoms with Crippen LogP contribution in [0.5, 0.6) is 0 Å². The number of nitrogens with one attached hydrogen (secondary N) is 1. The molecule has 5 nitrogen and oxygen atoms in total. The number of hydrogen-bond donors (Lipinski definition) is 1. The second-order valence-corrected chi connectivity index (χ2v) is 4.28. The third kappa shape index (κ3) is 2.59. The Morgan fingerprint density at radius 3 is 3.00 bits per heavy atom. The van der Waals surface area contributed by atoms with E-state index in [2.05, 4.69) is 19.9 Å². The van der Waals surface area contributed by atoms with Crippen molar-refractivity contribution in [3.8, 4) is 0 Å². The molecule has 2 aromatic heterocycles. The molecule has 0 saturated carbocycles. The number of rotatable bonds is 2. The molecule has 2 heterocycles. The first-order chi connectivity index (χ1) is 7.65. The van der Waals surface area contributed by atoms with Crippen LogP contribution in [0.1, 0.15) is 5.56 Å². The maximum Gasteiger partial charge on any atom is 0.251 e. The Labute approximate surface area is 100 Å². The number of halogens is 1. The van der Waals surface area contributed by atoms with E-state index in [9.17, 15) is 4.79 Å². The van der Waals surface area contributed by atoms with Crippen LogP contribution >= 0.6 is 23.4 Å². The maximum atomic E-state index is 11.1. The molecule has 0 bridgehead atoms. The monoisotopic (exact) mass is 254 g/mol. The van der Waals surface area contributed by atoms with Gasteiger partial charge in [-0.1, -0.05) is 0 Å². The SMILES string of the molecule is Cc1cnc(Cl)nc1Sc1nccc(=O)[nH]1. The second-order valence-electron chi connectivity index (χ2n) is 2.97. The van der Waals surface area contributed by atoms with Crippen LogP contribution in [-0.4, -0.2) is 19.9 Å². The third-order valence-electron chi connectivity index (χ3n) is 1.74. The van der Waals surface area contributed by atoms with Crippen LogP contribution < -0.4 is 5.56 Å². The summed E-state index contributed by atoms with van der Waals surface area (Å²) in [4.78, 5) is 25.6. The molecule has 1 N–H and O–H groups in total. The zero-order valence-corrected chi connectivity index (χ0v) is 9.84. The van der Waals surface area contributed by atoms with Gasteiger partial charge >= 0.3 is 0 Å². The molecule has 0 spiro atoms. The van der Waals surface area contributed by atoms with Gasteiger partial charge in [0.1, 0.15) is 5.03 Å². The molecule has 2 rings (SSSR count). The highest BCUT2D eigenvalue weighted by molar-refractivity contribution is 7.99. The number of aromatic nitrogens is 4. The Morgan fingerprint density at radius 1 is 1.44 bits per heavy atom. The molecule has 0 aliphatic heterocycles. The van der Waals surface area contributed by atoms with Gasteiger partial charge in [-0.15, -0.1) is 0 Å². The van der Waals surface area contributed by atoms with E-state index in [4.69, 9.17) is 11.6 Å². The average Bonchev–Trinajstić information content (AvgIpc) is 2.24. The van der Waals surface area contributed by atoms with E-state index in [1.165, 1.54) is 24.0 Å². The van der Waals surface area contributed by atoms with Gasteiger partial charge in [0.2, 0.25) is 5.28 Å². The Morgan fingerprint density at radius 2 is 2.25 bits per heavy atom. The lowest BCUT2D eigenvalue weighted by Gasteiger charge is -2.02. The highest BCUT2D eigenvalue weighted by Crippen LogP contribution is 2.24. The molecule has 0 aliphatic carbocycles. The zero-order valence-electron chi connectivity index (χ0n) is 8.27. The summed E-state index contributed by atoms with van der Waals surface area (Å²) in [5, 5.41) is 1.33. The first-order valence-electron chi connectivity index (χ1n) is 4.37. The number of aromatic amines is 1. The first-order valence-corrected chi connectivity index (χ1v) is 5.57. The quantitative estimate of drug-likeness (QED) is 0.652. The number of hydrogen-bond acceptors (Lipinski definition) is 5. The normalized spacial score (nSPS) is 10.4. The van der Waals surface area contributed by atoms with E-state index < -0.39 is 0 Å². The third-order valence-corrected chi connectivity index (χ3v) is 2.93. The largest absolute Gasteiger partial charge is 0.301 e. The van der Waals surface area contributed by atoms with Gasteiger partial charge in [-0.25, -0.2) is 15.0 Å². The van der Waals surface area contributed by atoms with Gasteiger partial charge in [-0.05, 0) is 30.3 Å². The van der Waals surface area contributed by atoms with Crippen molar-refractivity contribution in [2.24, 2.45) is 0 Å². The Balaban J connectivity index is 2.33. The minimum atomic E-state index is -0.199. The summed E-state index contributed by atoms with van der Waals surface area (Å²) in [6.07, 6.45) is 3.07. The number of H-pyrrole nitrogens is 1. The van der Waals surface area contributed by atoms with Gasteiger partial charge in [0.05, 0.1) is 0 Å². The summed E-state index contributed by atoms with van der Waals surface area (Å²) in [6, 6.07) is 1.35. The highest BCUT2D eigenvalue weighted by Gasteiger charge is 2.06. The molecule has 0 fully saturated rings. The van der Waals surface area contributed by atoms with Gasteiger partial charge in [0, 0.05) is 24.0 Å². The van der Waals surface area contributed by atoms with Crippen molar-refractivity contribution in [3.05, 3.63) is 39.7 Å². The van der Waals surface area contributed by atoms with Crippen molar-refractivity contribution < 1.29 is 0 Å². The second kappa shape index (κ2) is 4.63. The summed E-state index contributed by atoms with van der Waals surface area (Å²) >= 11 is 6.93. The molecule has 82 valence electrons. The van der Waals surface area contributed by atoms with E-state index in [0.717, 1.165) is 5.56 Å². The smallest absolute Gasteiger partial charge is 0.251 e. The average molecular weight is 255 g/mol. The molecular formula is C9H7ClN4OS. The standard InChI is InChI=1S/C9H7ClN4OS/c1-5-4-12-8(10)14-7(5)16-9-11-3-2-6(15)13-9/h2-4H,1H3,(H,11,13,15). The molecule has 2 aromatic rings. The van der Waals surface area contributed by atoms with Gasteiger partial charge in [0.25, 0.3) is 5.56 Å². The molecule has 0 radical (unpaired) electrons. The molecule has 0 saturated heterocycles. The van der Waals surface area contributed by atoms with Crippen molar-refractivity contribution in [2.45, 2.75) is 17.1 Å². The van der Waals surface area contributed by atoms with Gasteiger partial charge in [-0.3, -0.25) is 4.79 Å². The van der Waals surface area contributed by atoms with Crippen LogP contribution in [0.2, 0.25) is 5.28 Å². The topological polar surface area (TPSA) is 71.5 Å². The fourth-order valence-corrected chi connectivity index (χ4v) is 1.98. The fraction of sp³-hybridized carbons (Fsp3) is 0.111. The van der Waals surface area contributed by atoms with E-state index in [1.54, 1.807) is 6.20 Å². The summed E-state index contributed by atoms with van der Waals surface area (Å²) in [5.74, 6) is 0. The first kappa shape index (κ1) is 11.1. The Kier molecular flexibility index (Phi) is 3.21. The van der Waals surface area contributed by atoms with Crippen molar-refractivity contribution in [1.82, 2.24) is 19.9 Å². The summed E-state index contributed by atoms with van der Waals surface area (Å²) in [5.41, 5.74) is 0.677. The van der Waals surface area contributed by atoms with E-state index in [1.807, 2.05) is 6.92 Å². The zero-order chi connectivity index (χ0) is 11.5. The van der Waals surface area contributed by atoms with Crippen LogP contribution in [0.25, 0.3) is 0 Å². The Bertz CT molecular complexity index is 571. The molecule has 7 heteroatoms. The molecule has 0 unspecified atom stereocenters. The van der Waals surface area contributed by atoms with E-state index in [-0.39, 0.29) is 10.8 Å². The van der Waals surface area contributed by atoms with Crippen LogP contribution in [0.3, 0.4) is 0 Å². The predicted molar refractivity (Wildman–Crippen MR) is 60.8 cm³/mol. The number of nitrogens with zero attached hydrogens (tertiary/aromatic N) is 3. The molecule has 0 aliphatic rings. The maximum absolute atomic E-state index is 11.1. The Hall–Kier alpha value is -1.40. The molecule has 0 aromatic carbocycles. The molecule has 16 heavy (non-hydrogen) atoms. The molecule has 0 amide bonds. The van der Waals surface area contributed by atoms with Crippen molar-refractivity contribution in [2.75, 3.05) is 0 Å². The van der Waals surface area contributed by atoms with Crippen molar-refractivity contribution in [1.29, 1.82) is 0 Å². The van der Waals surface area contributed by atoms with Crippen LogP contribution in [0.15, 0.2) is 33.4 Å². The summed E-state index contributed by atoms with van der Waals surface area (Å²) < 4.78 is 0. The lowest BCUT2D eigenvalue weighted by atomic mass is 10.4. The minimum Gasteiger partial charge on any atom is -0.301 e. The number of aryl methyl sites for hydroxylation is 1.